The van der Waals surface area contributed by atoms with Crippen LogP contribution in [0, 0.1) is 19.7 Å². The van der Waals surface area contributed by atoms with Crippen molar-refractivity contribution < 1.29 is 9.18 Å². The highest BCUT2D eigenvalue weighted by atomic mass is 32.2. The summed E-state index contributed by atoms with van der Waals surface area (Å²) >= 11 is 2.66. The van der Waals surface area contributed by atoms with Crippen molar-refractivity contribution in [3.63, 3.8) is 0 Å². The van der Waals surface area contributed by atoms with E-state index in [4.69, 9.17) is 0 Å². The summed E-state index contributed by atoms with van der Waals surface area (Å²) in [7, 11) is 0. The van der Waals surface area contributed by atoms with Crippen LogP contribution in [0.5, 0.6) is 0 Å². The minimum absolute atomic E-state index is 0.0905. The van der Waals surface area contributed by atoms with Crippen molar-refractivity contribution in [2.45, 2.75) is 30.4 Å². The van der Waals surface area contributed by atoms with Crippen LogP contribution in [0.15, 0.2) is 46.8 Å². The third-order valence-electron chi connectivity index (χ3n) is 3.86. The quantitative estimate of drug-likeness (QED) is 0.558. The van der Waals surface area contributed by atoms with Crippen molar-refractivity contribution in [3.05, 3.63) is 59.4 Å². The van der Waals surface area contributed by atoms with E-state index < -0.39 is 0 Å². The second kappa shape index (κ2) is 8.49. The van der Waals surface area contributed by atoms with Gasteiger partial charge in [0.05, 0.1) is 5.25 Å². The molecule has 0 saturated carbocycles. The summed E-state index contributed by atoms with van der Waals surface area (Å²) in [5, 5.41) is 14.4. The third kappa shape index (κ3) is 5.05. The standard InChI is InChI=1S/C19H19FN4OS2/c1-11-6-4-7-12(2)16(11)22-17(25)13(3)26-19-24-23-18(27-19)21-15-9-5-8-14(20)10-15/h4-10,13H,1-3H3,(H,21,23)(H,22,25)/t13-/m1/s1. The molecular weight excluding hydrogens is 383 g/mol. The molecule has 1 atom stereocenters. The number of thioether (sulfide) groups is 1. The maximum Gasteiger partial charge on any atom is 0.237 e. The van der Waals surface area contributed by atoms with Crippen LogP contribution in [0.4, 0.5) is 20.9 Å². The first-order valence-electron chi connectivity index (χ1n) is 8.32. The van der Waals surface area contributed by atoms with Crippen molar-refractivity contribution >= 4 is 45.5 Å². The number of benzene rings is 2. The molecule has 140 valence electrons. The normalized spacial score (nSPS) is 11.9. The molecule has 3 aromatic rings. The monoisotopic (exact) mass is 402 g/mol. The van der Waals surface area contributed by atoms with E-state index in [1.54, 1.807) is 12.1 Å². The molecule has 27 heavy (non-hydrogen) atoms. The van der Waals surface area contributed by atoms with Crippen molar-refractivity contribution in [3.8, 4) is 0 Å². The Morgan fingerprint density at radius 2 is 1.85 bits per heavy atom. The van der Waals surface area contributed by atoms with E-state index in [2.05, 4.69) is 20.8 Å². The fourth-order valence-corrected chi connectivity index (χ4v) is 4.36. The number of hydrogen-bond acceptors (Lipinski definition) is 6. The Kier molecular flexibility index (Phi) is 6.08. The van der Waals surface area contributed by atoms with Crippen LogP contribution in [-0.4, -0.2) is 21.4 Å². The number of rotatable bonds is 6. The van der Waals surface area contributed by atoms with Gasteiger partial charge in [-0.3, -0.25) is 4.79 Å². The van der Waals surface area contributed by atoms with Crippen molar-refractivity contribution in [2.75, 3.05) is 10.6 Å². The summed E-state index contributed by atoms with van der Waals surface area (Å²) in [5.74, 6) is -0.414. The predicted molar refractivity (Wildman–Crippen MR) is 109 cm³/mol. The zero-order chi connectivity index (χ0) is 19.4. The molecule has 0 spiro atoms. The number of carbonyl (C=O) groups excluding carboxylic acids is 1. The molecule has 8 heteroatoms. The van der Waals surface area contributed by atoms with Crippen LogP contribution in [-0.2, 0) is 4.79 Å². The molecule has 2 N–H and O–H groups in total. The molecule has 1 heterocycles. The number of halogens is 1. The highest BCUT2D eigenvalue weighted by molar-refractivity contribution is 8.02. The van der Waals surface area contributed by atoms with E-state index >= 15 is 0 Å². The van der Waals surface area contributed by atoms with Gasteiger partial charge in [0, 0.05) is 11.4 Å². The van der Waals surface area contributed by atoms with Gasteiger partial charge in [0.1, 0.15) is 5.82 Å². The van der Waals surface area contributed by atoms with Gasteiger partial charge in [-0.2, -0.15) is 0 Å². The third-order valence-corrected chi connectivity index (χ3v) is 5.88. The van der Waals surface area contributed by atoms with E-state index in [9.17, 15) is 9.18 Å². The number of para-hydroxylation sites is 1. The van der Waals surface area contributed by atoms with Crippen LogP contribution in [0.1, 0.15) is 18.1 Å². The lowest BCUT2D eigenvalue weighted by Gasteiger charge is -2.14. The fraction of sp³-hybridized carbons (Fsp3) is 0.211. The average molecular weight is 403 g/mol. The lowest BCUT2D eigenvalue weighted by molar-refractivity contribution is -0.115. The largest absolute Gasteiger partial charge is 0.330 e. The molecule has 0 aliphatic heterocycles. The predicted octanol–water partition coefficient (Wildman–Crippen LogP) is 5.16. The minimum Gasteiger partial charge on any atom is -0.330 e. The van der Waals surface area contributed by atoms with E-state index in [0.717, 1.165) is 16.8 Å². The molecule has 1 amide bonds. The molecule has 2 aromatic carbocycles. The zero-order valence-corrected chi connectivity index (χ0v) is 16.7. The SMILES string of the molecule is Cc1cccc(C)c1NC(=O)[C@@H](C)Sc1nnc(Nc2cccc(F)c2)s1. The number of anilines is 3. The number of nitrogens with zero attached hydrogens (tertiary/aromatic N) is 2. The van der Waals surface area contributed by atoms with Crippen LogP contribution in [0.25, 0.3) is 0 Å². The van der Waals surface area contributed by atoms with Gasteiger partial charge in [0.2, 0.25) is 11.0 Å². The van der Waals surface area contributed by atoms with Crippen molar-refractivity contribution in [1.29, 1.82) is 0 Å². The Morgan fingerprint density at radius 1 is 1.15 bits per heavy atom. The molecule has 0 radical (unpaired) electrons. The summed E-state index contributed by atoms with van der Waals surface area (Å²) in [6, 6.07) is 12.0. The van der Waals surface area contributed by atoms with Crippen LogP contribution < -0.4 is 10.6 Å². The Morgan fingerprint density at radius 3 is 2.56 bits per heavy atom. The minimum atomic E-state index is -0.334. The van der Waals surface area contributed by atoms with Crippen LogP contribution in [0.2, 0.25) is 0 Å². The van der Waals surface area contributed by atoms with E-state index in [0.29, 0.717) is 15.2 Å². The molecule has 0 unspecified atom stereocenters. The topological polar surface area (TPSA) is 66.9 Å². The van der Waals surface area contributed by atoms with Gasteiger partial charge >= 0.3 is 0 Å². The number of aryl methyl sites for hydroxylation is 2. The van der Waals surface area contributed by atoms with Gasteiger partial charge in [-0.1, -0.05) is 47.4 Å². The molecule has 0 aliphatic carbocycles. The van der Waals surface area contributed by atoms with Gasteiger partial charge in [0.25, 0.3) is 0 Å². The van der Waals surface area contributed by atoms with Gasteiger partial charge < -0.3 is 10.6 Å². The van der Waals surface area contributed by atoms with Gasteiger partial charge in [0.15, 0.2) is 4.34 Å². The highest BCUT2D eigenvalue weighted by Crippen LogP contribution is 2.31. The lowest BCUT2D eigenvalue weighted by Crippen LogP contribution is -2.23. The molecular formula is C19H19FN4OS2. The second-order valence-corrected chi connectivity index (χ2v) is 8.59. The average Bonchev–Trinajstić information content (AvgIpc) is 3.05. The summed E-state index contributed by atoms with van der Waals surface area (Å²) < 4.78 is 13.9. The number of nitrogens with one attached hydrogen (secondary N) is 2. The van der Waals surface area contributed by atoms with Gasteiger partial charge in [-0.05, 0) is 50.1 Å². The summed E-state index contributed by atoms with van der Waals surface area (Å²) in [6.07, 6.45) is 0. The van der Waals surface area contributed by atoms with Crippen LogP contribution in [0.3, 0.4) is 0 Å². The number of hydrogen-bond donors (Lipinski definition) is 2. The number of carbonyl (C=O) groups is 1. The Labute approximate surface area is 165 Å². The first-order valence-corrected chi connectivity index (χ1v) is 10.0. The lowest BCUT2D eigenvalue weighted by atomic mass is 10.1. The van der Waals surface area contributed by atoms with Crippen molar-refractivity contribution in [1.82, 2.24) is 10.2 Å². The summed E-state index contributed by atoms with van der Waals surface area (Å²) in [6.45, 7) is 5.76. The molecule has 5 nitrogen and oxygen atoms in total. The molecule has 3 rings (SSSR count). The summed E-state index contributed by atoms with van der Waals surface area (Å²) in [5.41, 5.74) is 3.50. The molecule has 0 aliphatic rings. The Balaban J connectivity index is 1.62. The second-order valence-electron chi connectivity index (χ2n) is 6.02. The first kappa shape index (κ1) is 19.3. The van der Waals surface area contributed by atoms with Crippen LogP contribution >= 0.6 is 23.1 Å². The number of amides is 1. The molecule has 0 bridgehead atoms. The molecule has 0 fully saturated rings. The smallest absolute Gasteiger partial charge is 0.237 e. The van der Waals surface area contributed by atoms with Gasteiger partial charge in [-0.15, -0.1) is 10.2 Å². The fourth-order valence-electron chi connectivity index (χ4n) is 2.44. The zero-order valence-electron chi connectivity index (χ0n) is 15.1. The number of aromatic nitrogens is 2. The van der Waals surface area contributed by atoms with Crippen molar-refractivity contribution in [2.24, 2.45) is 0 Å². The maximum absolute atomic E-state index is 13.3. The molecule has 0 saturated heterocycles. The Bertz CT molecular complexity index is 940. The van der Waals surface area contributed by atoms with E-state index in [1.807, 2.05) is 39.0 Å². The maximum atomic E-state index is 13.3. The molecule has 1 aromatic heterocycles. The summed E-state index contributed by atoms with van der Waals surface area (Å²) in [4.78, 5) is 12.5. The van der Waals surface area contributed by atoms with Gasteiger partial charge in [-0.25, -0.2) is 4.39 Å². The first-order chi connectivity index (χ1) is 12.9. The van der Waals surface area contributed by atoms with E-state index in [-0.39, 0.29) is 17.0 Å². The van der Waals surface area contributed by atoms with E-state index in [1.165, 1.54) is 35.2 Å². The highest BCUT2D eigenvalue weighted by Gasteiger charge is 2.18. The Hall–Kier alpha value is -2.45.